The molecule has 12 heteroatoms. The molecular formula is C23H22F9NO2. The van der Waals surface area contributed by atoms with E-state index in [0.717, 1.165) is 12.1 Å². The minimum atomic E-state index is -6.04. The number of halogens is 9. The van der Waals surface area contributed by atoms with Crippen LogP contribution in [0.2, 0.25) is 0 Å². The van der Waals surface area contributed by atoms with Gasteiger partial charge in [-0.3, -0.25) is 4.79 Å². The van der Waals surface area contributed by atoms with Gasteiger partial charge in [0.2, 0.25) is 5.91 Å². The summed E-state index contributed by atoms with van der Waals surface area (Å²) in [5, 5.41) is 9.70. The van der Waals surface area contributed by atoms with Crippen LogP contribution in [-0.4, -0.2) is 36.1 Å². The van der Waals surface area contributed by atoms with Crippen LogP contribution in [0.15, 0.2) is 42.0 Å². The maximum atomic E-state index is 13.3. The molecule has 194 valence electrons. The molecular weight excluding hydrogens is 493 g/mol. The molecule has 2 unspecified atom stereocenters. The van der Waals surface area contributed by atoms with Gasteiger partial charge in [-0.25, -0.2) is 0 Å². The second-order valence-corrected chi connectivity index (χ2v) is 8.76. The largest absolute Gasteiger partial charge is 0.430 e. The number of hydrogen-bond donors (Lipinski definition) is 1. The first-order valence-corrected chi connectivity index (χ1v) is 10.7. The van der Waals surface area contributed by atoms with Crippen molar-refractivity contribution in [2.24, 2.45) is 11.8 Å². The second-order valence-electron chi connectivity index (χ2n) is 8.76. The molecule has 35 heavy (non-hydrogen) atoms. The highest BCUT2D eigenvalue weighted by Crippen LogP contribution is 2.50. The monoisotopic (exact) mass is 515 g/mol. The number of amides is 1. The van der Waals surface area contributed by atoms with Crippen LogP contribution in [-0.2, 0) is 16.8 Å². The molecule has 1 aromatic rings. The van der Waals surface area contributed by atoms with Gasteiger partial charge < -0.3 is 10.0 Å². The molecule has 1 N–H and O–H groups in total. The Balaban J connectivity index is 1.91. The number of fused-ring (bicyclic) bond motifs is 1. The van der Waals surface area contributed by atoms with Crippen molar-refractivity contribution in [3.8, 4) is 0 Å². The molecule has 0 fully saturated rings. The number of aliphatic hydroxyl groups is 1. The molecule has 0 spiro atoms. The maximum Gasteiger partial charge on any atom is 0.430 e. The smallest absolute Gasteiger partial charge is 0.369 e. The van der Waals surface area contributed by atoms with Crippen molar-refractivity contribution in [3.63, 3.8) is 0 Å². The Morgan fingerprint density at radius 2 is 1.66 bits per heavy atom. The number of rotatable bonds is 3. The summed E-state index contributed by atoms with van der Waals surface area (Å²) in [6, 6.07) is 2.03. The summed E-state index contributed by atoms with van der Waals surface area (Å²) in [6.45, 7) is 1.49. The fraction of sp³-hybridized carbons (Fsp3) is 0.522. The minimum absolute atomic E-state index is 0.0268. The summed E-state index contributed by atoms with van der Waals surface area (Å²) < 4.78 is 119. The molecule has 0 aromatic heterocycles. The van der Waals surface area contributed by atoms with Crippen molar-refractivity contribution in [1.82, 2.24) is 0 Å². The number of aryl methyl sites for hydroxylation is 1. The Kier molecular flexibility index (Phi) is 7.11. The number of carbonyl (C=O) groups is 1. The first-order chi connectivity index (χ1) is 16.0. The van der Waals surface area contributed by atoms with Crippen molar-refractivity contribution in [2.75, 3.05) is 11.4 Å². The molecule has 0 saturated carbocycles. The van der Waals surface area contributed by atoms with Crippen LogP contribution in [0.1, 0.15) is 37.3 Å². The van der Waals surface area contributed by atoms with Gasteiger partial charge in [-0.2, -0.15) is 39.5 Å². The number of alkyl halides is 9. The number of anilines is 1. The molecule has 2 atom stereocenters. The SMILES string of the molecule is CC1C=C(CC(=O)N2CCCCc3cc(C(O)(C(F)(F)F)C(F)(F)F)ccc32)C=CC1C(F)(F)F. The van der Waals surface area contributed by atoms with Crippen molar-refractivity contribution in [3.05, 3.63) is 53.1 Å². The highest BCUT2D eigenvalue weighted by atomic mass is 19.4. The Labute approximate surface area is 194 Å². The molecule has 1 aliphatic carbocycles. The van der Waals surface area contributed by atoms with E-state index in [2.05, 4.69) is 0 Å². The van der Waals surface area contributed by atoms with Gasteiger partial charge in [0.25, 0.3) is 5.60 Å². The maximum absolute atomic E-state index is 13.3. The lowest BCUT2D eigenvalue weighted by Crippen LogP contribution is -2.54. The molecule has 3 nitrogen and oxygen atoms in total. The van der Waals surface area contributed by atoms with Crippen LogP contribution in [0.5, 0.6) is 0 Å². The van der Waals surface area contributed by atoms with E-state index in [9.17, 15) is 49.4 Å². The van der Waals surface area contributed by atoms with Crippen molar-refractivity contribution in [2.45, 2.75) is 56.7 Å². The Morgan fingerprint density at radius 3 is 2.20 bits per heavy atom. The van der Waals surface area contributed by atoms with E-state index in [-0.39, 0.29) is 30.6 Å². The van der Waals surface area contributed by atoms with E-state index in [1.54, 1.807) is 0 Å². The summed E-state index contributed by atoms with van der Waals surface area (Å²) in [5.74, 6) is -3.17. The lowest BCUT2D eigenvalue weighted by Gasteiger charge is -2.33. The van der Waals surface area contributed by atoms with Crippen LogP contribution in [0.3, 0.4) is 0 Å². The van der Waals surface area contributed by atoms with Crippen LogP contribution in [0, 0.1) is 11.8 Å². The fourth-order valence-electron chi connectivity index (χ4n) is 4.42. The topological polar surface area (TPSA) is 40.5 Å². The zero-order valence-corrected chi connectivity index (χ0v) is 18.4. The predicted octanol–water partition coefficient (Wildman–Crippen LogP) is 6.37. The van der Waals surface area contributed by atoms with Crippen LogP contribution >= 0.6 is 0 Å². The summed E-state index contributed by atoms with van der Waals surface area (Å²) >= 11 is 0. The van der Waals surface area contributed by atoms with Crippen molar-refractivity contribution < 1.29 is 49.4 Å². The van der Waals surface area contributed by atoms with Gasteiger partial charge in [0.1, 0.15) is 0 Å². The zero-order valence-electron chi connectivity index (χ0n) is 18.4. The first-order valence-electron chi connectivity index (χ1n) is 10.7. The van der Waals surface area contributed by atoms with Gasteiger partial charge in [0.05, 0.1) is 12.3 Å². The molecule has 1 heterocycles. The lowest BCUT2D eigenvalue weighted by atomic mass is 9.85. The lowest BCUT2D eigenvalue weighted by molar-refractivity contribution is -0.376. The average Bonchev–Trinajstić information content (AvgIpc) is 2.92. The fourth-order valence-corrected chi connectivity index (χ4v) is 4.42. The standard InChI is InChI=1S/C23H22F9NO2/c1-13-10-14(5-7-17(13)21(24,25)26)11-19(34)33-9-3-2-4-15-12-16(6-8-18(15)33)20(35,22(27,28)29)23(30,31)32/h5-8,10,12-13,17,35H,2-4,9,11H2,1H3. The number of allylic oxidation sites excluding steroid dienone is 3. The normalized spacial score (nSPS) is 21.9. The second kappa shape index (κ2) is 9.18. The van der Waals surface area contributed by atoms with Crippen molar-refractivity contribution >= 4 is 11.6 Å². The van der Waals surface area contributed by atoms with Crippen LogP contribution in [0.25, 0.3) is 0 Å². The van der Waals surface area contributed by atoms with Crippen LogP contribution in [0.4, 0.5) is 45.2 Å². The van der Waals surface area contributed by atoms with Gasteiger partial charge in [0.15, 0.2) is 0 Å². The summed E-state index contributed by atoms with van der Waals surface area (Å²) in [7, 11) is 0. The molecule has 1 aliphatic heterocycles. The number of hydrogen-bond acceptors (Lipinski definition) is 2. The van der Waals surface area contributed by atoms with Crippen LogP contribution < -0.4 is 4.90 Å². The van der Waals surface area contributed by atoms with Gasteiger partial charge in [0, 0.05) is 17.8 Å². The van der Waals surface area contributed by atoms with Crippen molar-refractivity contribution in [1.29, 1.82) is 0 Å². The quantitative estimate of drug-likeness (QED) is 0.476. The molecule has 0 radical (unpaired) electrons. The minimum Gasteiger partial charge on any atom is -0.369 e. The predicted molar refractivity (Wildman–Crippen MR) is 108 cm³/mol. The zero-order chi connectivity index (χ0) is 26.4. The van der Waals surface area contributed by atoms with E-state index in [1.807, 2.05) is 0 Å². The Morgan fingerprint density at radius 1 is 1.03 bits per heavy atom. The average molecular weight is 515 g/mol. The third-order valence-corrected chi connectivity index (χ3v) is 6.28. The molecule has 1 amide bonds. The number of benzene rings is 1. The van der Waals surface area contributed by atoms with E-state index in [4.69, 9.17) is 0 Å². The number of carbonyl (C=O) groups excluding carboxylic acids is 1. The van der Waals surface area contributed by atoms with Gasteiger partial charge >= 0.3 is 18.5 Å². The van der Waals surface area contributed by atoms with E-state index in [0.29, 0.717) is 30.5 Å². The summed E-state index contributed by atoms with van der Waals surface area (Å²) in [4.78, 5) is 14.2. The van der Waals surface area contributed by atoms with Gasteiger partial charge in [-0.1, -0.05) is 37.3 Å². The molecule has 0 bridgehead atoms. The highest BCUT2D eigenvalue weighted by molar-refractivity contribution is 5.96. The third-order valence-electron chi connectivity index (χ3n) is 6.28. The van der Waals surface area contributed by atoms with Gasteiger partial charge in [-0.05, 0) is 42.4 Å². The molecule has 0 saturated heterocycles. The van der Waals surface area contributed by atoms with Gasteiger partial charge in [-0.15, -0.1) is 0 Å². The van der Waals surface area contributed by atoms with E-state index in [1.165, 1.54) is 24.0 Å². The Hall–Kier alpha value is -2.50. The van der Waals surface area contributed by atoms with E-state index >= 15 is 0 Å². The summed E-state index contributed by atoms with van der Waals surface area (Å²) in [6.07, 6.45) is -12.5. The highest BCUT2D eigenvalue weighted by Gasteiger charge is 2.71. The Bertz CT molecular complexity index is 1010. The molecule has 2 aliphatic rings. The summed E-state index contributed by atoms with van der Waals surface area (Å²) in [5.41, 5.74) is -6.04. The molecule has 1 aromatic carbocycles. The molecule has 3 rings (SSSR count). The third kappa shape index (κ3) is 5.22. The first kappa shape index (κ1) is 27.1. The number of nitrogens with zero attached hydrogens (tertiary/aromatic N) is 1. The van der Waals surface area contributed by atoms with E-state index < -0.39 is 47.4 Å².